The van der Waals surface area contributed by atoms with Crippen LogP contribution >= 0.6 is 0 Å². The number of hydrogen-bond donors (Lipinski definition) is 1. The monoisotopic (exact) mass is 246 g/mol. The molecule has 18 heavy (non-hydrogen) atoms. The van der Waals surface area contributed by atoms with Crippen LogP contribution in [-0.4, -0.2) is 28.4 Å². The molecule has 0 bridgehead atoms. The highest BCUT2D eigenvalue weighted by molar-refractivity contribution is 5.89. The zero-order chi connectivity index (χ0) is 13.3. The predicted molar refractivity (Wildman–Crippen MR) is 68.6 cm³/mol. The van der Waals surface area contributed by atoms with Gasteiger partial charge in [-0.2, -0.15) is 5.06 Å². The van der Waals surface area contributed by atoms with Gasteiger partial charge in [0.1, 0.15) is 12.2 Å². The third-order valence-corrected chi connectivity index (χ3v) is 4.77. The van der Waals surface area contributed by atoms with Crippen molar-refractivity contribution in [3.63, 3.8) is 0 Å². The number of hydroxylamine groups is 2. The average molecular weight is 246 g/mol. The van der Waals surface area contributed by atoms with Gasteiger partial charge in [0.05, 0.1) is 0 Å². The summed E-state index contributed by atoms with van der Waals surface area (Å²) in [7, 11) is 0. The first-order valence-corrected chi connectivity index (χ1v) is 6.21. The quantitative estimate of drug-likeness (QED) is 0.712. The molecule has 2 aliphatic heterocycles. The van der Waals surface area contributed by atoms with Gasteiger partial charge in [-0.3, -0.25) is 10.0 Å². The fourth-order valence-electron chi connectivity index (χ4n) is 3.28. The maximum absolute atomic E-state index is 11.8. The molecule has 0 aliphatic carbocycles. The molecular weight excluding hydrogens is 228 g/mol. The number of fused-ring (bicyclic) bond motifs is 3. The molecule has 0 aromatic heterocycles. The van der Waals surface area contributed by atoms with E-state index in [0.717, 1.165) is 10.8 Å². The summed E-state index contributed by atoms with van der Waals surface area (Å²) in [5.74, 6) is -0.239. The van der Waals surface area contributed by atoms with E-state index in [-0.39, 0.29) is 17.9 Å². The van der Waals surface area contributed by atoms with E-state index in [9.17, 15) is 10.0 Å². The van der Waals surface area contributed by atoms with Gasteiger partial charge in [0.2, 0.25) is 0 Å². The number of hydrogen-bond acceptors (Lipinski definition) is 3. The number of amides is 1. The Morgan fingerprint density at radius 2 is 1.94 bits per heavy atom. The van der Waals surface area contributed by atoms with Crippen molar-refractivity contribution >= 4 is 11.6 Å². The predicted octanol–water partition coefficient (Wildman–Crippen LogP) is 2.04. The largest absolute Gasteiger partial charge is 0.336 e. The van der Waals surface area contributed by atoms with E-state index in [4.69, 9.17) is 0 Å². The molecule has 2 aliphatic rings. The zero-order valence-corrected chi connectivity index (χ0v) is 11.2. The van der Waals surface area contributed by atoms with E-state index in [2.05, 4.69) is 26.8 Å². The molecule has 1 aromatic rings. The van der Waals surface area contributed by atoms with Gasteiger partial charge in [0.15, 0.2) is 0 Å². The fraction of sp³-hybridized carbons (Fsp3) is 0.500. The summed E-state index contributed by atoms with van der Waals surface area (Å²) in [6.45, 7) is 8.38. The summed E-state index contributed by atoms with van der Waals surface area (Å²) in [4.78, 5) is 13.8. The highest BCUT2D eigenvalue weighted by Crippen LogP contribution is 2.54. The first kappa shape index (κ1) is 11.5. The van der Waals surface area contributed by atoms with Crippen LogP contribution in [0, 0.1) is 6.92 Å². The second-order valence-corrected chi connectivity index (χ2v) is 5.96. The molecule has 3 rings (SSSR count). The van der Waals surface area contributed by atoms with Crippen LogP contribution in [0.3, 0.4) is 0 Å². The van der Waals surface area contributed by atoms with E-state index in [1.165, 1.54) is 11.1 Å². The van der Waals surface area contributed by atoms with Crippen LogP contribution in [0.15, 0.2) is 18.2 Å². The number of aryl methyl sites for hydroxylation is 1. The van der Waals surface area contributed by atoms with Gasteiger partial charge >= 0.3 is 0 Å². The number of benzene rings is 1. The molecular formula is C14H18N2O2. The lowest BCUT2D eigenvalue weighted by atomic mass is 9.76. The number of carbonyl (C=O) groups excluding carboxylic acids is 1. The Morgan fingerprint density at radius 1 is 1.28 bits per heavy atom. The lowest BCUT2D eigenvalue weighted by molar-refractivity contribution is -0.185. The summed E-state index contributed by atoms with van der Waals surface area (Å²) in [6.07, 6.45) is 0. The van der Waals surface area contributed by atoms with Crippen LogP contribution in [-0.2, 0) is 10.2 Å². The van der Waals surface area contributed by atoms with E-state index in [1.54, 1.807) is 0 Å². The van der Waals surface area contributed by atoms with Gasteiger partial charge in [-0.05, 0) is 25.5 Å². The van der Waals surface area contributed by atoms with E-state index in [0.29, 0.717) is 0 Å². The van der Waals surface area contributed by atoms with Crippen LogP contribution in [0.25, 0.3) is 0 Å². The molecule has 0 radical (unpaired) electrons. The first-order valence-electron chi connectivity index (χ1n) is 6.21. The number of nitrogens with zero attached hydrogens (tertiary/aromatic N) is 2. The minimum atomic E-state index is -0.694. The summed E-state index contributed by atoms with van der Waals surface area (Å²) in [5.41, 5.74) is 2.44. The second-order valence-electron chi connectivity index (χ2n) is 5.96. The second kappa shape index (κ2) is 3.06. The van der Waals surface area contributed by atoms with Gasteiger partial charge in [-0.25, -0.2) is 0 Å². The summed E-state index contributed by atoms with van der Waals surface area (Å²) in [6, 6.07) is 6.24. The molecule has 1 atom stereocenters. The first-order chi connectivity index (χ1) is 8.30. The SMILES string of the molecule is Cc1ccc2c(c1)C(C)(C)C1(C)N(O)C(=O)CN21. The van der Waals surface area contributed by atoms with Gasteiger partial charge in [-0.15, -0.1) is 0 Å². The van der Waals surface area contributed by atoms with Crippen molar-refractivity contribution in [2.75, 3.05) is 11.4 Å². The summed E-state index contributed by atoms with van der Waals surface area (Å²) >= 11 is 0. The van der Waals surface area contributed by atoms with Crippen LogP contribution in [0.4, 0.5) is 5.69 Å². The normalized spacial score (nSPS) is 28.6. The topological polar surface area (TPSA) is 43.8 Å². The third-order valence-electron chi connectivity index (χ3n) is 4.77. The minimum Gasteiger partial charge on any atom is -0.336 e. The molecule has 1 saturated heterocycles. The molecule has 1 fully saturated rings. The Morgan fingerprint density at radius 3 is 2.61 bits per heavy atom. The maximum Gasteiger partial charge on any atom is 0.267 e. The van der Waals surface area contributed by atoms with Crippen LogP contribution < -0.4 is 4.90 Å². The van der Waals surface area contributed by atoms with Crippen molar-refractivity contribution < 1.29 is 10.0 Å². The zero-order valence-electron chi connectivity index (χ0n) is 11.2. The maximum atomic E-state index is 11.8. The van der Waals surface area contributed by atoms with Gasteiger partial charge in [-0.1, -0.05) is 31.5 Å². The smallest absolute Gasteiger partial charge is 0.267 e. The highest BCUT2D eigenvalue weighted by atomic mass is 16.5. The Balaban J connectivity index is 2.28. The number of anilines is 1. The van der Waals surface area contributed by atoms with Crippen molar-refractivity contribution in [3.05, 3.63) is 29.3 Å². The van der Waals surface area contributed by atoms with E-state index < -0.39 is 5.66 Å². The van der Waals surface area contributed by atoms with Crippen molar-refractivity contribution in [1.82, 2.24) is 5.06 Å². The van der Waals surface area contributed by atoms with E-state index >= 15 is 0 Å². The van der Waals surface area contributed by atoms with Crippen molar-refractivity contribution in [2.45, 2.75) is 38.8 Å². The molecule has 0 spiro atoms. The van der Waals surface area contributed by atoms with Gasteiger partial charge in [0, 0.05) is 11.1 Å². The minimum absolute atomic E-state index is 0.239. The van der Waals surface area contributed by atoms with E-state index in [1.807, 2.05) is 24.0 Å². The third kappa shape index (κ3) is 1.03. The number of carbonyl (C=O) groups is 1. The summed E-state index contributed by atoms with van der Waals surface area (Å²) in [5, 5.41) is 11.1. The molecule has 1 aromatic carbocycles. The van der Waals surface area contributed by atoms with Crippen LogP contribution in [0.2, 0.25) is 0 Å². The highest BCUT2D eigenvalue weighted by Gasteiger charge is 2.62. The molecule has 2 heterocycles. The molecule has 4 heteroatoms. The van der Waals surface area contributed by atoms with Crippen molar-refractivity contribution in [2.24, 2.45) is 0 Å². The molecule has 1 amide bonds. The Labute approximate surface area is 107 Å². The Bertz CT molecular complexity index is 553. The van der Waals surface area contributed by atoms with Gasteiger partial charge in [0.25, 0.3) is 5.91 Å². The average Bonchev–Trinajstić information content (AvgIpc) is 2.63. The summed E-state index contributed by atoms with van der Waals surface area (Å²) < 4.78 is 0. The van der Waals surface area contributed by atoms with Crippen molar-refractivity contribution in [1.29, 1.82) is 0 Å². The standard InChI is InChI=1S/C14H18N2O2/c1-9-5-6-11-10(7-9)13(2,3)14(4)15(11)8-12(17)16(14)18/h5-7,18H,8H2,1-4H3. The molecule has 0 saturated carbocycles. The Kier molecular flexibility index (Phi) is 1.96. The molecule has 1 N–H and O–H groups in total. The Hall–Kier alpha value is -1.55. The van der Waals surface area contributed by atoms with Gasteiger partial charge < -0.3 is 4.90 Å². The molecule has 96 valence electrons. The van der Waals surface area contributed by atoms with Crippen molar-refractivity contribution in [3.8, 4) is 0 Å². The molecule has 4 nitrogen and oxygen atoms in total. The lowest BCUT2D eigenvalue weighted by Crippen LogP contribution is -2.58. The van der Waals surface area contributed by atoms with Crippen LogP contribution in [0.5, 0.6) is 0 Å². The molecule has 1 unspecified atom stereocenters. The van der Waals surface area contributed by atoms with Crippen LogP contribution in [0.1, 0.15) is 31.9 Å². The number of rotatable bonds is 0. The lowest BCUT2D eigenvalue weighted by Gasteiger charge is -2.42. The fourth-order valence-corrected chi connectivity index (χ4v) is 3.28.